The summed E-state index contributed by atoms with van der Waals surface area (Å²) in [5.41, 5.74) is 3.22. The minimum absolute atomic E-state index is 0.386. The zero-order valence-corrected chi connectivity index (χ0v) is 11.7. The number of aromatic nitrogens is 3. The highest BCUT2D eigenvalue weighted by Gasteiger charge is 2.14. The van der Waals surface area contributed by atoms with Crippen LogP contribution < -0.4 is 0 Å². The Morgan fingerprint density at radius 2 is 1.95 bits per heavy atom. The van der Waals surface area contributed by atoms with Gasteiger partial charge < -0.3 is 0 Å². The molecule has 0 radical (unpaired) electrons. The van der Waals surface area contributed by atoms with Crippen molar-refractivity contribution >= 4 is 21.8 Å². The van der Waals surface area contributed by atoms with Gasteiger partial charge in [-0.2, -0.15) is 5.10 Å². The second kappa shape index (κ2) is 4.65. The minimum Gasteiger partial charge on any atom is -0.271 e. The highest BCUT2D eigenvalue weighted by atomic mass is 15.3. The topological polar surface area (TPSA) is 30.7 Å². The Labute approximate surface area is 113 Å². The number of para-hydroxylation sites is 1. The number of pyridine rings is 1. The lowest BCUT2D eigenvalue weighted by atomic mass is 10.0. The van der Waals surface area contributed by atoms with Crippen molar-refractivity contribution < 1.29 is 0 Å². The van der Waals surface area contributed by atoms with E-state index in [4.69, 9.17) is 10.1 Å². The normalized spacial score (nSPS) is 11.8. The Morgan fingerprint density at radius 3 is 2.68 bits per heavy atom. The Balaban J connectivity index is 2.38. The molecule has 3 heteroatoms. The summed E-state index contributed by atoms with van der Waals surface area (Å²) >= 11 is 0. The molecule has 2 aromatic heterocycles. The van der Waals surface area contributed by atoms with E-state index in [1.165, 1.54) is 10.8 Å². The van der Waals surface area contributed by atoms with Crippen molar-refractivity contribution in [1.82, 2.24) is 14.8 Å². The summed E-state index contributed by atoms with van der Waals surface area (Å²) in [6.07, 6.45) is 3.26. The van der Waals surface area contributed by atoms with Crippen LogP contribution in [0.3, 0.4) is 0 Å². The molecule has 0 aliphatic rings. The van der Waals surface area contributed by atoms with E-state index in [1.54, 1.807) is 0 Å². The number of rotatable bonds is 3. The maximum Gasteiger partial charge on any atom is 0.115 e. The van der Waals surface area contributed by atoms with E-state index in [2.05, 4.69) is 45.2 Å². The standard InChI is InChI=1S/C16H19N3/c1-4-9-19-10-13-12-7-5-6-8-14(12)17-15(11(2)3)16(13)18-19/h5-8,10-11H,4,9H2,1-3H3. The second-order valence-electron chi connectivity index (χ2n) is 5.32. The number of nitrogens with zero attached hydrogens (tertiary/aromatic N) is 3. The lowest BCUT2D eigenvalue weighted by molar-refractivity contribution is 0.607. The molecule has 1 aromatic carbocycles. The van der Waals surface area contributed by atoms with E-state index in [-0.39, 0.29) is 0 Å². The summed E-state index contributed by atoms with van der Waals surface area (Å²) < 4.78 is 2.05. The molecule has 0 aliphatic carbocycles. The Kier molecular flexibility index (Phi) is 2.97. The molecule has 0 amide bonds. The molecule has 0 spiro atoms. The summed E-state index contributed by atoms with van der Waals surface area (Å²) in [4.78, 5) is 4.80. The van der Waals surface area contributed by atoms with E-state index < -0.39 is 0 Å². The van der Waals surface area contributed by atoms with Crippen molar-refractivity contribution in [3.05, 3.63) is 36.2 Å². The number of aryl methyl sites for hydroxylation is 1. The fraction of sp³-hybridized carbons (Fsp3) is 0.375. The molecule has 0 saturated heterocycles. The number of hydrogen-bond donors (Lipinski definition) is 0. The highest BCUT2D eigenvalue weighted by Crippen LogP contribution is 2.29. The molecular weight excluding hydrogens is 234 g/mol. The van der Waals surface area contributed by atoms with Crippen LogP contribution in [0, 0.1) is 0 Å². The molecule has 0 fully saturated rings. The molecule has 3 rings (SSSR count). The van der Waals surface area contributed by atoms with Gasteiger partial charge in [-0.05, 0) is 18.4 Å². The van der Waals surface area contributed by atoms with Crippen molar-refractivity contribution in [2.75, 3.05) is 0 Å². The van der Waals surface area contributed by atoms with E-state index >= 15 is 0 Å². The molecule has 98 valence electrons. The van der Waals surface area contributed by atoms with Crippen LogP contribution in [0.1, 0.15) is 38.8 Å². The fourth-order valence-corrected chi connectivity index (χ4v) is 2.54. The van der Waals surface area contributed by atoms with Gasteiger partial charge in [0.1, 0.15) is 5.52 Å². The third kappa shape index (κ3) is 1.99. The van der Waals surface area contributed by atoms with Crippen LogP contribution in [0.5, 0.6) is 0 Å². The quantitative estimate of drug-likeness (QED) is 0.703. The van der Waals surface area contributed by atoms with Gasteiger partial charge in [0.05, 0.1) is 11.2 Å². The second-order valence-corrected chi connectivity index (χ2v) is 5.32. The van der Waals surface area contributed by atoms with Crippen LogP contribution >= 0.6 is 0 Å². The summed E-state index contributed by atoms with van der Waals surface area (Å²) in [6, 6.07) is 8.32. The average Bonchev–Trinajstić information content (AvgIpc) is 2.81. The molecule has 3 nitrogen and oxygen atoms in total. The van der Waals surface area contributed by atoms with Crippen LogP contribution in [-0.2, 0) is 6.54 Å². The van der Waals surface area contributed by atoms with E-state index in [0.717, 1.165) is 29.7 Å². The van der Waals surface area contributed by atoms with Gasteiger partial charge in [-0.3, -0.25) is 9.67 Å². The van der Waals surface area contributed by atoms with Crippen molar-refractivity contribution in [3.63, 3.8) is 0 Å². The summed E-state index contributed by atoms with van der Waals surface area (Å²) in [5, 5.41) is 7.15. The van der Waals surface area contributed by atoms with Crippen LogP contribution in [-0.4, -0.2) is 14.8 Å². The SMILES string of the molecule is CCCn1cc2c(n1)c(C(C)C)nc1ccccc12. The van der Waals surface area contributed by atoms with Crippen LogP contribution in [0.15, 0.2) is 30.5 Å². The molecule has 2 heterocycles. The predicted octanol–water partition coefficient (Wildman–Crippen LogP) is 4.12. The maximum absolute atomic E-state index is 4.80. The van der Waals surface area contributed by atoms with Gasteiger partial charge in [-0.1, -0.05) is 39.0 Å². The van der Waals surface area contributed by atoms with Crippen LogP contribution in [0.25, 0.3) is 21.8 Å². The molecule has 0 aliphatic heterocycles. The first-order valence-electron chi connectivity index (χ1n) is 6.96. The maximum atomic E-state index is 4.80. The average molecular weight is 253 g/mol. The third-order valence-corrected chi connectivity index (χ3v) is 3.44. The lowest BCUT2D eigenvalue weighted by Gasteiger charge is -2.07. The van der Waals surface area contributed by atoms with E-state index in [0.29, 0.717) is 5.92 Å². The Morgan fingerprint density at radius 1 is 1.16 bits per heavy atom. The molecule has 0 saturated carbocycles. The largest absolute Gasteiger partial charge is 0.271 e. The predicted molar refractivity (Wildman–Crippen MR) is 79.4 cm³/mol. The van der Waals surface area contributed by atoms with Gasteiger partial charge in [0.15, 0.2) is 0 Å². The van der Waals surface area contributed by atoms with Crippen molar-refractivity contribution in [1.29, 1.82) is 0 Å². The van der Waals surface area contributed by atoms with Crippen molar-refractivity contribution in [2.24, 2.45) is 0 Å². The molecule has 0 bridgehead atoms. The minimum atomic E-state index is 0.386. The fourth-order valence-electron chi connectivity index (χ4n) is 2.54. The van der Waals surface area contributed by atoms with E-state index in [1.807, 2.05) is 10.7 Å². The monoisotopic (exact) mass is 253 g/mol. The third-order valence-electron chi connectivity index (χ3n) is 3.44. The first kappa shape index (κ1) is 12.2. The number of hydrogen-bond acceptors (Lipinski definition) is 2. The molecule has 3 aromatic rings. The Hall–Kier alpha value is -1.90. The van der Waals surface area contributed by atoms with Gasteiger partial charge in [-0.25, -0.2) is 0 Å². The smallest absolute Gasteiger partial charge is 0.115 e. The highest BCUT2D eigenvalue weighted by molar-refractivity contribution is 6.05. The summed E-state index contributed by atoms with van der Waals surface area (Å²) in [6.45, 7) is 7.48. The first-order chi connectivity index (χ1) is 9.20. The van der Waals surface area contributed by atoms with Gasteiger partial charge in [0, 0.05) is 23.5 Å². The van der Waals surface area contributed by atoms with Gasteiger partial charge in [-0.15, -0.1) is 0 Å². The molecule has 0 N–H and O–H groups in total. The summed E-state index contributed by atoms with van der Waals surface area (Å²) in [5.74, 6) is 0.386. The lowest BCUT2D eigenvalue weighted by Crippen LogP contribution is -1.98. The zero-order valence-electron chi connectivity index (χ0n) is 11.7. The van der Waals surface area contributed by atoms with Crippen molar-refractivity contribution in [3.8, 4) is 0 Å². The van der Waals surface area contributed by atoms with E-state index in [9.17, 15) is 0 Å². The molecule has 19 heavy (non-hydrogen) atoms. The van der Waals surface area contributed by atoms with Crippen LogP contribution in [0.4, 0.5) is 0 Å². The molecular formula is C16H19N3. The summed E-state index contributed by atoms with van der Waals surface area (Å²) in [7, 11) is 0. The Bertz CT molecular complexity index is 725. The number of fused-ring (bicyclic) bond motifs is 3. The zero-order chi connectivity index (χ0) is 13.4. The van der Waals surface area contributed by atoms with Gasteiger partial charge >= 0.3 is 0 Å². The number of benzene rings is 1. The molecule has 0 unspecified atom stereocenters. The van der Waals surface area contributed by atoms with Gasteiger partial charge in [0.2, 0.25) is 0 Å². The molecule has 0 atom stereocenters. The van der Waals surface area contributed by atoms with Gasteiger partial charge in [0.25, 0.3) is 0 Å². The van der Waals surface area contributed by atoms with Crippen LogP contribution in [0.2, 0.25) is 0 Å². The van der Waals surface area contributed by atoms with Crippen molar-refractivity contribution in [2.45, 2.75) is 39.7 Å². The first-order valence-corrected chi connectivity index (χ1v) is 6.96.